The summed E-state index contributed by atoms with van der Waals surface area (Å²) in [6.07, 6.45) is 0. The van der Waals surface area contributed by atoms with E-state index in [9.17, 15) is 19.3 Å². The maximum absolute atomic E-state index is 13.9. The summed E-state index contributed by atoms with van der Waals surface area (Å²) in [7, 11) is 0. The lowest BCUT2D eigenvalue weighted by Crippen LogP contribution is -2.29. The van der Waals surface area contributed by atoms with E-state index in [0.29, 0.717) is 5.69 Å². The predicted molar refractivity (Wildman–Crippen MR) is 95.5 cm³/mol. The van der Waals surface area contributed by atoms with E-state index in [1.165, 1.54) is 35.2 Å². The molecule has 1 heterocycles. The summed E-state index contributed by atoms with van der Waals surface area (Å²) >= 11 is 17.0. The summed E-state index contributed by atoms with van der Waals surface area (Å²) in [6, 6.07) is 6.70. The van der Waals surface area contributed by atoms with Crippen LogP contribution in [0, 0.1) is 15.9 Å². The molecular weight excluding hydrogens is 392 g/mol. The highest BCUT2D eigenvalue weighted by molar-refractivity contribution is 7.80. The Kier molecular flexibility index (Phi) is 4.59. The first kappa shape index (κ1) is 17.5. The number of thiocarbonyl (C=S) groups is 1. The molecular formula is C15H8Cl2FN3O3S. The lowest BCUT2D eigenvalue weighted by atomic mass is 10.0. The second-order valence-electron chi connectivity index (χ2n) is 5.13. The summed E-state index contributed by atoms with van der Waals surface area (Å²) < 4.78 is 13.9. The summed E-state index contributed by atoms with van der Waals surface area (Å²) in [6.45, 7) is 0. The van der Waals surface area contributed by atoms with Gasteiger partial charge in [-0.25, -0.2) is 4.39 Å². The van der Waals surface area contributed by atoms with E-state index in [1.54, 1.807) is 0 Å². The van der Waals surface area contributed by atoms with Crippen molar-refractivity contribution >= 4 is 57.8 Å². The molecule has 2 aromatic rings. The maximum Gasteiger partial charge on any atom is 0.269 e. The van der Waals surface area contributed by atoms with Crippen molar-refractivity contribution in [1.29, 1.82) is 0 Å². The SMILES string of the molecule is O=C1NC(=S)N(c2ccc([N+](=O)[O-])cc2)C1c1cc(F)c(Cl)cc1Cl. The lowest BCUT2D eigenvalue weighted by Gasteiger charge is -2.24. The molecule has 6 nitrogen and oxygen atoms in total. The Labute approximate surface area is 156 Å². The first-order chi connectivity index (χ1) is 11.8. The second kappa shape index (κ2) is 6.55. The third-order valence-electron chi connectivity index (χ3n) is 3.63. The van der Waals surface area contributed by atoms with Crippen molar-refractivity contribution in [2.75, 3.05) is 4.90 Å². The number of rotatable bonds is 3. The van der Waals surface area contributed by atoms with Crippen LogP contribution in [0.4, 0.5) is 15.8 Å². The topological polar surface area (TPSA) is 75.5 Å². The molecule has 128 valence electrons. The molecule has 1 amide bonds. The van der Waals surface area contributed by atoms with Gasteiger partial charge in [-0.1, -0.05) is 23.2 Å². The number of nitrogens with zero attached hydrogens (tertiary/aromatic N) is 2. The van der Waals surface area contributed by atoms with Crippen molar-refractivity contribution in [3.63, 3.8) is 0 Å². The predicted octanol–water partition coefficient (Wildman–Crippen LogP) is 4.00. The number of nitro groups is 1. The van der Waals surface area contributed by atoms with Crippen LogP contribution in [0.25, 0.3) is 0 Å². The van der Waals surface area contributed by atoms with Crippen LogP contribution in [-0.4, -0.2) is 15.9 Å². The molecule has 1 N–H and O–H groups in total. The van der Waals surface area contributed by atoms with Gasteiger partial charge in [0.05, 0.1) is 9.95 Å². The monoisotopic (exact) mass is 399 g/mol. The number of benzene rings is 2. The molecule has 0 bridgehead atoms. The Hall–Kier alpha value is -2.29. The molecule has 1 fully saturated rings. The van der Waals surface area contributed by atoms with E-state index in [2.05, 4.69) is 5.32 Å². The lowest BCUT2D eigenvalue weighted by molar-refractivity contribution is -0.384. The van der Waals surface area contributed by atoms with Crippen LogP contribution in [0.5, 0.6) is 0 Å². The van der Waals surface area contributed by atoms with Gasteiger partial charge in [0.1, 0.15) is 11.9 Å². The number of hydrogen-bond donors (Lipinski definition) is 1. The Morgan fingerprint density at radius 1 is 1.20 bits per heavy atom. The number of non-ortho nitro benzene ring substituents is 1. The quantitative estimate of drug-likeness (QED) is 0.365. The highest BCUT2D eigenvalue weighted by Crippen LogP contribution is 2.37. The number of nitrogens with one attached hydrogen (secondary N) is 1. The van der Waals surface area contributed by atoms with Gasteiger partial charge in [0.15, 0.2) is 5.11 Å². The zero-order valence-electron chi connectivity index (χ0n) is 12.2. The van der Waals surface area contributed by atoms with E-state index < -0.39 is 22.7 Å². The zero-order chi connectivity index (χ0) is 18.3. The van der Waals surface area contributed by atoms with Crippen molar-refractivity contribution in [2.45, 2.75) is 6.04 Å². The van der Waals surface area contributed by atoms with Gasteiger partial charge in [-0.05, 0) is 36.5 Å². The molecule has 25 heavy (non-hydrogen) atoms. The molecule has 1 aliphatic rings. The molecule has 0 radical (unpaired) electrons. The van der Waals surface area contributed by atoms with Crippen molar-refractivity contribution < 1.29 is 14.1 Å². The fourth-order valence-electron chi connectivity index (χ4n) is 2.50. The molecule has 0 aliphatic carbocycles. The molecule has 0 aromatic heterocycles. The third-order valence-corrected chi connectivity index (χ3v) is 4.54. The average Bonchev–Trinajstić information content (AvgIpc) is 2.85. The molecule has 1 atom stereocenters. The highest BCUT2D eigenvalue weighted by Gasteiger charge is 2.39. The highest BCUT2D eigenvalue weighted by atomic mass is 35.5. The van der Waals surface area contributed by atoms with Gasteiger partial charge in [-0.2, -0.15) is 0 Å². The van der Waals surface area contributed by atoms with Gasteiger partial charge in [-0.3, -0.25) is 14.9 Å². The summed E-state index contributed by atoms with van der Waals surface area (Å²) in [5.41, 5.74) is 0.491. The fourth-order valence-corrected chi connectivity index (χ4v) is 3.30. The molecule has 3 rings (SSSR count). The average molecular weight is 400 g/mol. The van der Waals surface area contributed by atoms with Crippen molar-refractivity contribution in [3.8, 4) is 0 Å². The molecule has 1 saturated heterocycles. The van der Waals surface area contributed by atoms with Crippen LogP contribution in [-0.2, 0) is 4.79 Å². The van der Waals surface area contributed by atoms with Crippen LogP contribution in [0.3, 0.4) is 0 Å². The Bertz CT molecular complexity index is 908. The Balaban J connectivity index is 2.08. The smallest absolute Gasteiger partial charge is 0.269 e. The first-order valence-corrected chi connectivity index (χ1v) is 7.99. The van der Waals surface area contributed by atoms with Crippen molar-refractivity contribution in [3.05, 3.63) is 67.9 Å². The Morgan fingerprint density at radius 2 is 1.84 bits per heavy atom. The second-order valence-corrected chi connectivity index (χ2v) is 6.33. The minimum atomic E-state index is -1.02. The number of anilines is 1. The Morgan fingerprint density at radius 3 is 2.44 bits per heavy atom. The zero-order valence-corrected chi connectivity index (χ0v) is 14.5. The number of carbonyl (C=O) groups excluding carboxylic acids is 1. The van der Waals surface area contributed by atoms with Gasteiger partial charge in [0.2, 0.25) is 0 Å². The largest absolute Gasteiger partial charge is 0.302 e. The van der Waals surface area contributed by atoms with E-state index in [0.717, 1.165) is 6.07 Å². The number of halogens is 3. The van der Waals surface area contributed by atoms with Gasteiger partial charge in [0.25, 0.3) is 11.6 Å². The fraction of sp³-hybridized carbons (Fsp3) is 0.0667. The molecule has 2 aromatic carbocycles. The van der Waals surface area contributed by atoms with Gasteiger partial charge < -0.3 is 10.2 Å². The van der Waals surface area contributed by atoms with E-state index in [1.807, 2.05) is 0 Å². The molecule has 0 spiro atoms. The number of carbonyl (C=O) groups is 1. The number of hydrogen-bond acceptors (Lipinski definition) is 4. The molecule has 1 aliphatic heterocycles. The third kappa shape index (κ3) is 3.15. The minimum Gasteiger partial charge on any atom is -0.302 e. The summed E-state index contributed by atoms with van der Waals surface area (Å²) in [5, 5.41) is 13.3. The van der Waals surface area contributed by atoms with Gasteiger partial charge in [-0.15, -0.1) is 0 Å². The normalized spacial score (nSPS) is 16.9. The standard InChI is InChI=1S/C15H8Cl2FN3O3S/c16-10-6-11(17)12(18)5-9(10)13-14(22)19-15(25)20(13)7-1-3-8(4-2-7)21(23)24/h1-6,13H,(H,19,22,25). The van der Waals surface area contributed by atoms with Crippen molar-refractivity contribution in [2.24, 2.45) is 0 Å². The molecule has 1 unspecified atom stereocenters. The minimum absolute atomic E-state index is 0.0790. The van der Waals surface area contributed by atoms with Gasteiger partial charge >= 0.3 is 0 Å². The van der Waals surface area contributed by atoms with Crippen molar-refractivity contribution in [1.82, 2.24) is 5.32 Å². The molecule has 0 saturated carbocycles. The van der Waals surface area contributed by atoms with E-state index in [-0.39, 0.29) is 26.4 Å². The van der Waals surface area contributed by atoms with Crippen LogP contribution >= 0.6 is 35.4 Å². The van der Waals surface area contributed by atoms with Crippen LogP contribution in [0.15, 0.2) is 36.4 Å². The van der Waals surface area contributed by atoms with E-state index >= 15 is 0 Å². The summed E-state index contributed by atoms with van der Waals surface area (Å²) in [4.78, 5) is 24.0. The first-order valence-electron chi connectivity index (χ1n) is 6.82. The molecule has 10 heteroatoms. The van der Waals surface area contributed by atoms with Crippen LogP contribution < -0.4 is 10.2 Å². The van der Waals surface area contributed by atoms with Gasteiger partial charge in [0, 0.05) is 28.4 Å². The van der Waals surface area contributed by atoms with Crippen LogP contribution in [0.2, 0.25) is 10.0 Å². The summed E-state index contributed by atoms with van der Waals surface area (Å²) in [5.74, 6) is -1.22. The number of nitro benzene ring substituents is 1. The van der Waals surface area contributed by atoms with E-state index in [4.69, 9.17) is 35.4 Å². The maximum atomic E-state index is 13.9. The number of amides is 1. The van der Waals surface area contributed by atoms with Crippen LogP contribution in [0.1, 0.15) is 11.6 Å².